The summed E-state index contributed by atoms with van der Waals surface area (Å²) in [7, 11) is 4.31. The summed E-state index contributed by atoms with van der Waals surface area (Å²) in [6, 6.07) is 11.1. The third-order valence-corrected chi connectivity index (χ3v) is 10.5. The fourth-order valence-electron chi connectivity index (χ4n) is 8.04. The number of ether oxygens (including phenoxy) is 4. The maximum atomic E-state index is 14.7. The highest BCUT2D eigenvalue weighted by Crippen LogP contribution is 2.56. The molecule has 5 unspecified atom stereocenters. The molecule has 2 fully saturated rings. The molecule has 2 aromatic carbocycles. The first-order chi connectivity index (χ1) is 23.0. The number of nitro benzene ring substituents is 1. The zero-order valence-electron chi connectivity index (χ0n) is 28.3. The molecule has 0 aliphatic heterocycles. The summed E-state index contributed by atoms with van der Waals surface area (Å²) in [5.74, 6) is -3.68. The molecule has 2 bridgehead atoms. The Morgan fingerprint density at radius 2 is 1.67 bits per heavy atom. The van der Waals surface area contributed by atoms with Crippen molar-refractivity contribution in [1.82, 2.24) is 5.32 Å². The van der Waals surface area contributed by atoms with Crippen LogP contribution in [0.4, 0.5) is 11.4 Å². The molecule has 258 valence electrons. The highest BCUT2D eigenvalue weighted by molar-refractivity contribution is 6.03. The van der Waals surface area contributed by atoms with E-state index < -0.39 is 52.0 Å². The number of rotatable bonds is 12. The van der Waals surface area contributed by atoms with Gasteiger partial charge in [-0.15, -0.1) is 0 Å². The molecule has 3 aliphatic rings. The van der Waals surface area contributed by atoms with E-state index in [0.29, 0.717) is 35.3 Å². The molecule has 3 aliphatic carbocycles. The minimum atomic E-state index is -1.59. The standard InChI is InChI=1S/C36H45N3O9/c1-20(2)24-14-11-21(3)17-30(24)48-34(41)32-26-16-15-25(31(32)33(40)47-6)36(26,35(42)38-27-9-7-8-10-28(27)39(43)44)37-19-22-12-13-23(45-4)18-29(22)46-5/h7-10,12-13,15-16,18,20-21,24-26,30-32,37H,11,14,17,19H2,1-6H3,(H,38,42)/t21-,24+,25?,26?,30-,31?,32?,36?/m0/s1. The lowest BCUT2D eigenvalue weighted by Gasteiger charge is -2.38. The molecule has 12 heteroatoms. The normalized spacial score (nSPS) is 28.9. The molecule has 2 aromatic rings. The van der Waals surface area contributed by atoms with Gasteiger partial charge in [-0.3, -0.25) is 29.8 Å². The molecule has 8 atom stereocenters. The maximum Gasteiger partial charge on any atom is 0.310 e. The van der Waals surface area contributed by atoms with Gasteiger partial charge in [0.2, 0.25) is 5.91 Å². The van der Waals surface area contributed by atoms with Gasteiger partial charge in [-0.05, 0) is 42.7 Å². The Balaban J connectivity index is 1.56. The Bertz CT molecular complexity index is 1580. The van der Waals surface area contributed by atoms with Gasteiger partial charge in [0.25, 0.3) is 5.69 Å². The number of nitrogens with one attached hydrogen (secondary N) is 2. The number of nitro groups is 1. The number of hydrogen-bond acceptors (Lipinski definition) is 10. The van der Waals surface area contributed by atoms with Crippen LogP contribution in [0.2, 0.25) is 0 Å². The minimum absolute atomic E-state index is 0.00767. The first-order valence-corrected chi connectivity index (χ1v) is 16.4. The third kappa shape index (κ3) is 6.37. The van der Waals surface area contributed by atoms with E-state index in [1.54, 1.807) is 43.5 Å². The summed E-state index contributed by atoms with van der Waals surface area (Å²) in [5, 5.41) is 18.0. The van der Waals surface area contributed by atoms with Crippen LogP contribution in [0.3, 0.4) is 0 Å². The molecule has 2 saturated carbocycles. The Morgan fingerprint density at radius 3 is 2.29 bits per heavy atom. The van der Waals surface area contributed by atoms with Crippen LogP contribution in [0, 0.1) is 51.5 Å². The predicted octanol–water partition coefficient (Wildman–Crippen LogP) is 5.30. The molecular weight excluding hydrogens is 618 g/mol. The molecule has 0 saturated heterocycles. The zero-order valence-corrected chi connectivity index (χ0v) is 28.3. The van der Waals surface area contributed by atoms with Crippen LogP contribution in [-0.4, -0.2) is 55.7 Å². The fourth-order valence-corrected chi connectivity index (χ4v) is 8.04. The second kappa shape index (κ2) is 14.3. The summed E-state index contributed by atoms with van der Waals surface area (Å²) in [6.07, 6.45) is 5.90. The van der Waals surface area contributed by atoms with Gasteiger partial charge in [-0.2, -0.15) is 0 Å². The topological polar surface area (TPSA) is 155 Å². The SMILES string of the molecule is COC(=O)C1C(C(=O)O[C@H]2C[C@@H](C)CC[C@@H]2C(C)C)C2C=CC1C2(NCc1ccc(OC)cc1OC)C(=O)Nc1ccccc1[N+](=O)[O-]. The number of amides is 1. The summed E-state index contributed by atoms with van der Waals surface area (Å²) in [4.78, 5) is 53.8. The fraction of sp³-hybridized carbons (Fsp3) is 0.528. The van der Waals surface area contributed by atoms with Gasteiger partial charge >= 0.3 is 11.9 Å². The van der Waals surface area contributed by atoms with Gasteiger partial charge in [0.15, 0.2) is 0 Å². The molecule has 0 heterocycles. The van der Waals surface area contributed by atoms with Crippen molar-refractivity contribution in [2.75, 3.05) is 26.6 Å². The van der Waals surface area contributed by atoms with Crippen molar-refractivity contribution in [3.05, 3.63) is 70.3 Å². The number of nitrogens with zero attached hydrogens (tertiary/aromatic N) is 1. The van der Waals surface area contributed by atoms with E-state index in [2.05, 4.69) is 31.4 Å². The molecule has 1 amide bonds. The second-order valence-corrected chi connectivity index (χ2v) is 13.4. The molecule has 0 spiro atoms. The van der Waals surface area contributed by atoms with Crippen molar-refractivity contribution >= 4 is 29.2 Å². The van der Waals surface area contributed by atoms with E-state index in [-0.39, 0.29) is 29.9 Å². The highest BCUT2D eigenvalue weighted by atomic mass is 16.6. The number of esters is 2. The first kappa shape index (κ1) is 34.9. The van der Waals surface area contributed by atoms with E-state index in [9.17, 15) is 24.5 Å². The van der Waals surface area contributed by atoms with Crippen molar-refractivity contribution in [1.29, 1.82) is 0 Å². The van der Waals surface area contributed by atoms with Gasteiger partial charge in [0.1, 0.15) is 28.8 Å². The van der Waals surface area contributed by atoms with E-state index in [4.69, 9.17) is 18.9 Å². The minimum Gasteiger partial charge on any atom is -0.497 e. The van der Waals surface area contributed by atoms with Crippen molar-refractivity contribution in [3.8, 4) is 11.5 Å². The van der Waals surface area contributed by atoms with Crippen molar-refractivity contribution in [2.45, 2.75) is 58.2 Å². The molecule has 0 aromatic heterocycles. The van der Waals surface area contributed by atoms with Gasteiger partial charge in [0, 0.05) is 36.1 Å². The van der Waals surface area contributed by atoms with Crippen molar-refractivity contribution in [3.63, 3.8) is 0 Å². The lowest BCUT2D eigenvalue weighted by atomic mass is 9.75. The quantitative estimate of drug-likeness (QED) is 0.132. The Morgan fingerprint density at radius 1 is 0.979 bits per heavy atom. The average molecular weight is 664 g/mol. The molecule has 0 radical (unpaired) electrons. The van der Waals surface area contributed by atoms with Crippen LogP contribution in [-0.2, 0) is 30.4 Å². The van der Waals surface area contributed by atoms with E-state index in [0.717, 1.165) is 12.8 Å². The van der Waals surface area contributed by atoms with Crippen LogP contribution >= 0.6 is 0 Å². The average Bonchev–Trinajstić information content (AvgIpc) is 3.58. The number of fused-ring (bicyclic) bond motifs is 2. The number of carbonyl (C=O) groups is 3. The summed E-state index contributed by atoms with van der Waals surface area (Å²) in [5.41, 5.74) is -1.20. The smallest absolute Gasteiger partial charge is 0.310 e. The maximum absolute atomic E-state index is 14.7. The monoisotopic (exact) mass is 663 g/mol. The van der Waals surface area contributed by atoms with Crippen LogP contribution in [0.1, 0.15) is 45.6 Å². The van der Waals surface area contributed by atoms with Gasteiger partial charge in [-0.1, -0.05) is 57.5 Å². The number of benzene rings is 2. The third-order valence-electron chi connectivity index (χ3n) is 10.5. The van der Waals surface area contributed by atoms with Crippen molar-refractivity contribution in [2.24, 2.45) is 41.4 Å². The predicted molar refractivity (Wildman–Crippen MR) is 177 cm³/mol. The Kier molecular flexibility index (Phi) is 10.4. The number of carbonyl (C=O) groups excluding carboxylic acids is 3. The molecule has 48 heavy (non-hydrogen) atoms. The summed E-state index contributed by atoms with van der Waals surface area (Å²) in [6.45, 7) is 6.48. The summed E-state index contributed by atoms with van der Waals surface area (Å²) < 4.78 is 22.5. The molecule has 2 N–H and O–H groups in total. The van der Waals surface area contributed by atoms with Crippen molar-refractivity contribution < 1.29 is 38.3 Å². The van der Waals surface area contributed by atoms with Crippen LogP contribution in [0.15, 0.2) is 54.6 Å². The molecule has 5 rings (SSSR count). The van der Waals surface area contributed by atoms with E-state index >= 15 is 0 Å². The number of para-hydroxylation sites is 2. The van der Waals surface area contributed by atoms with Crippen LogP contribution in [0.25, 0.3) is 0 Å². The number of methoxy groups -OCH3 is 3. The largest absolute Gasteiger partial charge is 0.497 e. The number of hydrogen-bond donors (Lipinski definition) is 2. The lowest BCUT2D eigenvalue weighted by Crippen LogP contribution is -2.59. The Labute approximate surface area is 280 Å². The van der Waals surface area contributed by atoms with Gasteiger partial charge in [-0.25, -0.2) is 0 Å². The molecule has 12 nitrogen and oxygen atoms in total. The zero-order chi connectivity index (χ0) is 34.7. The van der Waals surface area contributed by atoms with Gasteiger partial charge in [0.05, 0.1) is 38.1 Å². The first-order valence-electron chi connectivity index (χ1n) is 16.4. The van der Waals surface area contributed by atoms with Gasteiger partial charge < -0.3 is 24.3 Å². The Hall–Kier alpha value is -4.45. The molecular formula is C36H45N3O9. The van der Waals surface area contributed by atoms with Crippen LogP contribution in [0.5, 0.6) is 11.5 Å². The van der Waals surface area contributed by atoms with E-state index in [1.807, 2.05) is 0 Å². The van der Waals surface area contributed by atoms with E-state index in [1.165, 1.54) is 32.4 Å². The number of anilines is 1. The summed E-state index contributed by atoms with van der Waals surface area (Å²) >= 11 is 0. The highest BCUT2D eigenvalue weighted by Gasteiger charge is 2.69. The van der Waals surface area contributed by atoms with Crippen LogP contribution < -0.4 is 20.1 Å². The lowest BCUT2D eigenvalue weighted by molar-refractivity contribution is -0.383. The second-order valence-electron chi connectivity index (χ2n) is 13.4.